The average molecular weight is 510 g/mol. The van der Waals surface area contributed by atoms with E-state index in [1.165, 1.54) is 25.7 Å². The lowest BCUT2D eigenvalue weighted by Crippen LogP contribution is -2.44. The Morgan fingerprint density at radius 2 is 1.67 bits per heavy atom. The summed E-state index contributed by atoms with van der Waals surface area (Å²) in [5.74, 6) is 0.260. The van der Waals surface area contributed by atoms with E-state index < -0.39 is 12.6 Å². The number of amides is 2. The largest absolute Gasteiger partial charge is 0.389 e. The highest BCUT2D eigenvalue weighted by molar-refractivity contribution is 5.76. The van der Waals surface area contributed by atoms with Gasteiger partial charge >= 0.3 is 6.18 Å². The van der Waals surface area contributed by atoms with E-state index in [1.807, 2.05) is 53.2 Å². The topological polar surface area (TPSA) is 43.9 Å². The number of hydrogen-bond acceptors (Lipinski definition) is 3. The van der Waals surface area contributed by atoms with Crippen molar-refractivity contribution in [3.63, 3.8) is 0 Å². The molecular formula is C28H42F3N3O2. The average Bonchev–Trinajstić information content (AvgIpc) is 3.29. The van der Waals surface area contributed by atoms with Crippen LogP contribution in [0.25, 0.3) is 0 Å². The van der Waals surface area contributed by atoms with Crippen LogP contribution < -0.4 is 0 Å². The lowest BCUT2D eigenvalue weighted by molar-refractivity contribution is -0.137. The molecule has 1 aromatic carbocycles. The van der Waals surface area contributed by atoms with Crippen molar-refractivity contribution < 1.29 is 22.8 Å². The fraction of sp³-hybridized carbons (Fsp3) is 0.714. The molecule has 0 bridgehead atoms. The second-order valence-electron chi connectivity index (χ2n) is 10.6. The molecular weight excluding hydrogens is 467 g/mol. The number of carbonyl (C=O) groups is 2. The minimum Gasteiger partial charge on any atom is -0.340 e. The van der Waals surface area contributed by atoms with Gasteiger partial charge in [-0.2, -0.15) is 13.2 Å². The Bertz CT molecular complexity index is 774. The number of likely N-dealkylation sites (tertiary alicyclic amines) is 1. The van der Waals surface area contributed by atoms with Crippen LogP contribution in [-0.4, -0.2) is 77.5 Å². The Kier molecular flexibility index (Phi) is 10.6. The maximum absolute atomic E-state index is 12.2. The van der Waals surface area contributed by atoms with Crippen LogP contribution in [0.1, 0.15) is 77.0 Å². The number of benzene rings is 1. The second-order valence-corrected chi connectivity index (χ2v) is 10.6. The molecule has 1 spiro atoms. The minimum atomic E-state index is -4.06. The van der Waals surface area contributed by atoms with Crippen molar-refractivity contribution >= 4 is 12.3 Å². The SMILES string of the molecule is CN(CCCC(F)(F)F)C1CCCC(=O)N2CCC[C@@H]2C1.O=CN1CCCC12CC2.c1ccccc1. The highest BCUT2D eigenvalue weighted by Crippen LogP contribution is 2.48. The number of nitrogens with zero attached hydrogens (tertiary/aromatic N) is 3. The summed E-state index contributed by atoms with van der Waals surface area (Å²) in [6.45, 7) is 2.34. The van der Waals surface area contributed by atoms with Crippen LogP contribution in [0.5, 0.6) is 0 Å². The minimum absolute atomic E-state index is 0.157. The molecule has 2 amide bonds. The standard InChI is InChI=1S/C15H25F3N2O.C7H11NO.C6H6/c1-19(9-4-8-15(16,17)18)12-5-2-7-14(21)20-10-3-6-13(20)11-12;9-6-8-5-1-2-7(8)3-4-7;1-2-4-6-5-3-1/h12-13H,2-11H2,1H3;6H,1-5H2;1-6H/t12?,13-;;/m1../s1. The van der Waals surface area contributed by atoms with Crippen molar-refractivity contribution in [2.75, 3.05) is 26.7 Å². The van der Waals surface area contributed by atoms with E-state index in [9.17, 15) is 22.8 Å². The molecule has 1 unspecified atom stereocenters. The van der Waals surface area contributed by atoms with Crippen LogP contribution in [0.4, 0.5) is 13.2 Å². The van der Waals surface area contributed by atoms with Gasteiger partial charge in [-0.15, -0.1) is 0 Å². The normalized spacial score (nSPS) is 24.8. The predicted molar refractivity (Wildman–Crippen MR) is 135 cm³/mol. The van der Waals surface area contributed by atoms with Crippen molar-refractivity contribution in [1.29, 1.82) is 0 Å². The number of halogens is 3. The molecule has 3 saturated heterocycles. The zero-order chi connectivity index (χ0) is 26.0. The Balaban J connectivity index is 0.000000194. The van der Waals surface area contributed by atoms with Gasteiger partial charge in [-0.1, -0.05) is 36.4 Å². The van der Waals surface area contributed by atoms with Crippen LogP contribution >= 0.6 is 0 Å². The van der Waals surface area contributed by atoms with Crippen molar-refractivity contribution in [2.45, 2.75) is 101 Å². The molecule has 5 rings (SSSR count). The summed E-state index contributed by atoms with van der Waals surface area (Å²) < 4.78 is 36.7. The highest BCUT2D eigenvalue weighted by Gasteiger charge is 2.50. The van der Waals surface area contributed by atoms with Gasteiger partial charge in [0.1, 0.15) is 0 Å². The van der Waals surface area contributed by atoms with Gasteiger partial charge in [-0.3, -0.25) is 9.59 Å². The molecule has 4 aliphatic rings. The summed E-state index contributed by atoms with van der Waals surface area (Å²) in [5.41, 5.74) is 0.377. The van der Waals surface area contributed by atoms with E-state index in [0.717, 1.165) is 51.6 Å². The van der Waals surface area contributed by atoms with Gasteiger partial charge in [0, 0.05) is 43.6 Å². The second kappa shape index (κ2) is 13.5. The molecule has 3 aliphatic heterocycles. The molecule has 1 aromatic rings. The van der Waals surface area contributed by atoms with Crippen LogP contribution in [0.15, 0.2) is 36.4 Å². The van der Waals surface area contributed by atoms with E-state index in [4.69, 9.17) is 0 Å². The third-order valence-corrected chi connectivity index (χ3v) is 8.04. The monoisotopic (exact) mass is 509 g/mol. The first-order valence-corrected chi connectivity index (χ1v) is 13.5. The summed E-state index contributed by atoms with van der Waals surface area (Å²) in [4.78, 5) is 28.4. The third kappa shape index (κ3) is 8.79. The summed E-state index contributed by atoms with van der Waals surface area (Å²) in [6.07, 6.45) is 6.74. The molecule has 0 N–H and O–H groups in total. The van der Waals surface area contributed by atoms with E-state index in [1.54, 1.807) is 0 Å². The third-order valence-electron chi connectivity index (χ3n) is 8.04. The van der Waals surface area contributed by atoms with E-state index in [2.05, 4.69) is 4.90 Å². The van der Waals surface area contributed by atoms with Gasteiger partial charge in [0.25, 0.3) is 0 Å². The van der Waals surface area contributed by atoms with Crippen molar-refractivity contribution in [3.05, 3.63) is 36.4 Å². The number of hydrogen-bond donors (Lipinski definition) is 0. The van der Waals surface area contributed by atoms with Crippen LogP contribution in [0.3, 0.4) is 0 Å². The number of fused-ring (bicyclic) bond motifs is 1. The summed E-state index contributed by atoms with van der Waals surface area (Å²) >= 11 is 0. The van der Waals surface area contributed by atoms with Crippen molar-refractivity contribution in [3.8, 4) is 0 Å². The van der Waals surface area contributed by atoms with Gasteiger partial charge in [0.2, 0.25) is 12.3 Å². The molecule has 0 aromatic heterocycles. The highest BCUT2D eigenvalue weighted by atomic mass is 19.4. The molecule has 36 heavy (non-hydrogen) atoms. The molecule has 1 saturated carbocycles. The number of rotatable bonds is 5. The van der Waals surface area contributed by atoms with Crippen LogP contribution in [0.2, 0.25) is 0 Å². The lowest BCUT2D eigenvalue weighted by Gasteiger charge is -2.35. The molecule has 4 fully saturated rings. The predicted octanol–water partition coefficient (Wildman–Crippen LogP) is 5.65. The number of alkyl halides is 3. The molecule has 2 atom stereocenters. The zero-order valence-electron chi connectivity index (χ0n) is 21.6. The fourth-order valence-electron chi connectivity index (χ4n) is 5.78. The maximum atomic E-state index is 12.2. The Labute approximate surface area is 214 Å². The molecule has 5 nitrogen and oxygen atoms in total. The molecule has 3 heterocycles. The van der Waals surface area contributed by atoms with E-state index in [-0.39, 0.29) is 12.3 Å². The van der Waals surface area contributed by atoms with Gasteiger partial charge in [0.05, 0.1) is 0 Å². The summed E-state index contributed by atoms with van der Waals surface area (Å²) in [7, 11) is 1.92. The Morgan fingerprint density at radius 1 is 1.00 bits per heavy atom. The number of carbonyl (C=O) groups excluding carboxylic acids is 2. The molecule has 8 heteroatoms. The van der Waals surface area contributed by atoms with Gasteiger partial charge < -0.3 is 14.7 Å². The molecule has 202 valence electrons. The summed E-state index contributed by atoms with van der Waals surface area (Å²) in [5, 5.41) is 0. The zero-order valence-corrected chi connectivity index (χ0v) is 21.6. The van der Waals surface area contributed by atoms with E-state index in [0.29, 0.717) is 30.6 Å². The van der Waals surface area contributed by atoms with Gasteiger partial charge in [-0.05, 0) is 77.8 Å². The van der Waals surface area contributed by atoms with Crippen molar-refractivity contribution in [2.24, 2.45) is 0 Å². The first-order valence-electron chi connectivity index (χ1n) is 13.5. The van der Waals surface area contributed by atoms with Crippen molar-refractivity contribution in [1.82, 2.24) is 14.7 Å². The van der Waals surface area contributed by atoms with Gasteiger partial charge in [-0.25, -0.2) is 0 Å². The molecule has 1 aliphatic carbocycles. The maximum Gasteiger partial charge on any atom is 0.389 e. The van der Waals surface area contributed by atoms with E-state index >= 15 is 0 Å². The van der Waals surface area contributed by atoms with Crippen LogP contribution in [0, 0.1) is 0 Å². The molecule has 0 radical (unpaired) electrons. The summed E-state index contributed by atoms with van der Waals surface area (Å²) in [6, 6.07) is 12.6. The first kappa shape index (κ1) is 28.5. The van der Waals surface area contributed by atoms with Gasteiger partial charge in [0.15, 0.2) is 0 Å². The smallest absolute Gasteiger partial charge is 0.340 e. The quantitative estimate of drug-likeness (QED) is 0.482. The van der Waals surface area contributed by atoms with Crippen LogP contribution in [-0.2, 0) is 9.59 Å². The Hall–Kier alpha value is -2.09. The first-order chi connectivity index (χ1) is 17.2. The Morgan fingerprint density at radius 3 is 2.22 bits per heavy atom. The lowest BCUT2D eigenvalue weighted by atomic mass is 9.96. The fourth-order valence-corrected chi connectivity index (χ4v) is 5.78.